The fourth-order valence-electron chi connectivity index (χ4n) is 3.40. The maximum Gasteiger partial charge on any atom is 0.0921 e. The zero-order chi connectivity index (χ0) is 17.9. The number of benzene rings is 2. The minimum atomic E-state index is 0.909. The molecule has 2 nitrogen and oxygen atoms in total. The Morgan fingerprint density at radius 1 is 0.615 bits per heavy atom. The van der Waals surface area contributed by atoms with Gasteiger partial charge < -0.3 is 0 Å². The molecule has 0 aliphatic heterocycles. The first-order chi connectivity index (χ1) is 12.7. The Bertz CT molecular complexity index is 1020. The number of hydrogen-bond acceptors (Lipinski definition) is 2. The molecule has 0 saturated heterocycles. The van der Waals surface area contributed by atoms with Gasteiger partial charge in [0.1, 0.15) is 0 Å². The van der Waals surface area contributed by atoms with Crippen molar-refractivity contribution in [2.24, 2.45) is 0 Å². The topological polar surface area (TPSA) is 25.8 Å². The van der Waals surface area contributed by atoms with E-state index in [0.29, 0.717) is 0 Å². The minimum Gasteiger partial charge on any atom is -0.255 e. The number of nitrogens with zero attached hydrogens (tertiary/aromatic N) is 2. The Labute approximate surface area is 154 Å². The van der Waals surface area contributed by atoms with Gasteiger partial charge in [-0.1, -0.05) is 60.7 Å². The summed E-state index contributed by atoms with van der Waals surface area (Å²) in [4.78, 5) is 9.10. The van der Waals surface area contributed by atoms with Crippen LogP contribution in [0.1, 0.15) is 11.1 Å². The smallest absolute Gasteiger partial charge is 0.0921 e. The third-order valence-corrected chi connectivity index (χ3v) is 4.70. The van der Waals surface area contributed by atoms with Gasteiger partial charge in [-0.25, -0.2) is 0 Å². The van der Waals surface area contributed by atoms with Gasteiger partial charge >= 0.3 is 0 Å². The summed E-state index contributed by atoms with van der Waals surface area (Å²) in [7, 11) is 0. The SMILES string of the molecule is Cc1cnc(-c2ccccn2)c(C)c1-c1ccc(-c2ccccc2)cc1. The van der Waals surface area contributed by atoms with Gasteiger partial charge in [0.05, 0.1) is 11.4 Å². The summed E-state index contributed by atoms with van der Waals surface area (Å²) < 4.78 is 0. The maximum absolute atomic E-state index is 4.64. The zero-order valence-electron chi connectivity index (χ0n) is 15.0. The first-order valence-electron chi connectivity index (χ1n) is 8.77. The minimum absolute atomic E-state index is 0.909. The number of aromatic nitrogens is 2. The molecule has 0 amide bonds. The molecule has 0 bridgehead atoms. The molecule has 0 atom stereocenters. The average molecular weight is 336 g/mol. The van der Waals surface area contributed by atoms with E-state index < -0.39 is 0 Å². The van der Waals surface area contributed by atoms with Crippen LogP contribution >= 0.6 is 0 Å². The number of pyridine rings is 2. The van der Waals surface area contributed by atoms with Crippen molar-refractivity contribution >= 4 is 0 Å². The molecule has 0 radical (unpaired) electrons. The lowest BCUT2D eigenvalue weighted by molar-refractivity contribution is 1.19. The number of hydrogen-bond donors (Lipinski definition) is 0. The van der Waals surface area contributed by atoms with Crippen molar-refractivity contribution in [3.8, 4) is 33.6 Å². The highest BCUT2D eigenvalue weighted by Crippen LogP contribution is 2.33. The van der Waals surface area contributed by atoms with Crippen molar-refractivity contribution in [2.45, 2.75) is 13.8 Å². The molecule has 126 valence electrons. The van der Waals surface area contributed by atoms with Crippen LogP contribution in [-0.2, 0) is 0 Å². The highest BCUT2D eigenvalue weighted by molar-refractivity contribution is 5.78. The van der Waals surface area contributed by atoms with Crippen LogP contribution in [0.4, 0.5) is 0 Å². The highest BCUT2D eigenvalue weighted by Gasteiger charge is 2.13. The van der Waals surface area contributed by atoms with E-state index >= 15 is 0 Å². The second kappa shape index (κ2) is 6.93. The van der Waals surface area contributed by atoms with Crippen molar-refractivity contribution < 1.29 is 0 Å². The van der Waals surface area contributed by atoms with Gasteiger partial charge in [0.25, 0.3) is 0 Å². The highest BCUT2D eigenvalue weighted by atomic mass is 14.8. The molecule has 4 aromatic rings. The molecule has 0 spiro atoms. The molecule has 2 heterocycles. The lowest BCUT2D eigenvalue weighted by atomic mass is 9.93. The Balaban J connectivity index is 1.78. The summed E-state index contributed by atoms with van der Waals surface area (Å²) in [5.74, 6) is 0. The maximum atomic E-state index is 4.64. The average Bonchev–Trinajstić information content (AvgIpc) is 2.70. The monoisotopic (exact) mass is 336 g/mol. The molecule has 0 aliphatic carbocycles. The molecule has 0 N–H and O–H groups in total. The van der Waals surface area contributed by atoms with Gasteiger partial charge in [0.2, 0.25) is 0 Å². The van der Waals surface area contributed by atoms with Crippen molar-refractivity contribution in [3.63, 3.8) is 0 Å². The number of aryl methyl sites for hydroxylation is 1. The van der Waals surface area contributed by atoms with Crippen LogP contribution in [0.2, 0.25) is 0 Å². The van der Waals surface area contributed by atoms with E-state index in [-0.39, 0.29) is 0 Å². The van der Waals surface area contributed by atoms with Crippen molar-refractivity contribution in [3.05, 3.63) is 96.3 Å². The van der Waals surface area contributed by atoms with E-state index in [9.17, 15) is 0 Å². The number of rotatable bonds is 3. The molecule has 2 aromatic heterocycles. The first-order valence-corrected chi connectivity index (χ1v) is 8.77. The zero-order valence-corrected chi connectivity index (χ0v) is 15.0. The normalized spacial score (nSPS) is 10.7. The molecule has 0 saturated carbocycles. The Morgan fingerprint density at radius 3 is 1.96 bits per heavy atom. The Morgan fingerprint density at radius 2 is 1.27 bits per heavy atom. The van der Waals surface area contributed by atoms with Gasteiger partial charge in [-0.3, -0.25) is 9.97 Å². The standard InChI is InChI=1S/C24H20N2/c1-17-16-26-24(22-10-6-7-15-25-22)18(2)23(17)21-13-11-20(12-14-21)19-8-4-3-5-9-19/h3-16H,1-2H3. The van der Waals surface area contributed by atoms with Gasteiger partial charge in [0, 0.05) is 12.4 Å². The third kappa shape index (κ3) is 3.02. The summed E-state index contributed by atoms with van der Waals surface area (Å²) in [6, 6.07) is 25.1. The van der Waals surface area contributed by atoms with E-state index in [1.807, 2.05) is 36.7 Å². The van der Waals surface area contributed by atoms with Gasteiger partial charge in [-0.15, -0.1) is 0 Å². The molecular weight excluding hydrogens is 316 g/mol. The predicted molar refractivity (Wildman–Crippen MR) is 108 cm³/mol. The van der Waals surface area contributed by atoms with Crippen molar-refractivity contribution in [1.82, 2.24) is 9.97 Å². The van der Waals surface area contributed by atoms with Crippen LogP contribution in [0.3, 0.4) is 0 Å². The third-order valence-electron chi connectivity index (χ3n) is 4.70. The predicted octanol–water partition coefficient (Wildman–Crippen LogP) is 6.09. The molecular formula is C24H20N2. The molecule has 0 aliphatic rings. The fourth-order valence-corrected chi connectivity index (χ4v) is 3.40. The van der Waals surface area contributed by atoms with Crippen LogP contribution in [0.25, 0.3) is 33.6 Å². The molecule has 0 fully saturated rings. The second-order valence-electron chi connectivity index (χ2n) is 6.45. The van der Waals surface area contributed by atoms with Gasteiger partial charge in [-0.2, -0.15) is 0 Å². The lowest BCUT2D eigenvalue weighted by Gasteiger charge is -2.14. The molecule has 26 heavy (non-hydrogen) atoms. The van der Waals surface area contributed by atoms with E-state index in [2.05, 4.69) is 72.3 Å². The second-order valence-corrected chi connectivity index (χ2v) is 6.45. The molecule has 0 unspecified atom stereocenters. The fraction of sp³-hybridized carbons (Fsp3) is 0.0833. The molecule has 4 rings (SSSR count). The summed E-state index contributed by atoms with van der Waals surface area (Å²) in [6.45, 7) is 4.24. The largest absolute Gasteiger partial charge is 0.255 e. The summed E-state index contributed by atoms with van der Waals surface area (Å²) in [6.07, 6.45) is 3.75. The van der Waals surface area contributed by atoms with Crippen LogP contribution < -0.4 is 0 Å². The van der Waals surface area contributed by atoms with Crippen molar-refractivity contribution in [1.29, 1.82) is 0 Å². The Kier molecular flexibility index (Phi) is 4.32. The molecule has 2 aromatic carbocycles. The van der Waals surface area contributed by atoms with Gasteiger partial charge in [0.15, 0.2) is 0 Å². The van der Waals surface area contributed by atoms with E-state index in [1.165, 1.54) is 27.8 Å². The van der Waals surface area contributed by atoms with Gasteiger partial charge in [-0.05, 0) is 59.4 Å². The Hall–Kier alpha value is -3.26. The van der Waals surface area contributed by atoms with Crippen molar-refractivity contribution in [2.75, 3.05) is 0 Å². The first kappa shape index (κ1) is 16.2. The summed E-state index contributed by atoms with van der Waals surface area (Å²) >= 11 is 0. The van der Waals surface area contributed by atoms with E-state index in [4.69, 9.17) is 0 Å². The van der Waals surface area contributed by atoms with E-state index in [1.54, 1.807) is 0 Å². The summed E-state index contributed by atoms with van der Waals surface area (Å²) in [5.41, 5.74) is 9.09. The van der Waals surface area contributed by atoms with Crippen LogP contribution in [0, 0.1) is 13.8 Å². The van der Waals surface area contributed by atoms with E-state index in [0.717, 1.165) is 17.0 Å². The van der Waals surface area contributed by atoms with Crippen LogP contribution in [-0.4, -0.2) is 9.97 Å². The molecule has 2 heteroatoms. The lowest BCUT2D eigenvalue weighted by Crippen LogP contribution is -1.96. The summed E-state index contributed by atoms with van der Waals surface area (Å²) in [5, 5.41) is 0. The quantitative estimate of drug-likeness (QED) is 0.452. The van der Waals surface area contributed by atoms with Crippen LogP contribution in [0.5, 0.6) is 0 Å². The van der Waals surface area contributed by atoms with Crippen LogP contribution in [0.15, 0.2) is 85.2 Å².